The van der Waals surface area contributed by atoms with Crippen LogP contribution in [0.4, 0.5) is 20.2 Å². The van der Waals surface area contributed by atoms with Gasteiger partial charge in [-0.3, -0.25) is 9.59 Å². The Labute approximate surface area is 356 Å². The zero-order valence-electron chi connectivity index (χ0n) is 33.4. The number of carboxylic acid groups (broad SMARTS) is 2. The van der Waals surface area contributed by atoms with Gasteiger partial charge in [-0.1, -0.05) is 0 Å². The first-order chi connectivity index (χ1) is 28.0. The molecule has 324 valence electrons. The zero-order valence-corrected chi connectivity index (χ0v) is 35.0. The van der Waals surface area contributed by atoms with Gasteiger partial charge in [0.05, 0.1) is 36.0 Å². The van der Waals surface area contributed by atoms with Gasteiger partial charge < -0.3 is 49.3 Å². The van der Waals surface area contributed by atoms with E-state index in [0.29, 0.717) is 70.9 Å². The maximum absolute atomic E-state index is 15.3. The van der Waals surface area contributed by atoms with Crippen LogP contribution in [0.1, 0.15) is 84.2 Å². The van der Waals surface area contributed by atoms with E-state index in [9.17, 15) is 29.4 Å². The minimum absolute atomic E-state index is 0. The highest BCUT2D eigenvalue weighted by Crippen LogP contribution is 2.47. The van der Waals surface area contributed by atoms with Crippen molar-refractivity contribution in [1.82, 2.24) is 19.8 Å². The van der Waals surface area contributed by atoms with E-state index in [0.717, 1.165) is 77.5 Å². The molecule has 2 saturated carbocycles. The SMILES string of the molecule is COc1c(N2C[C@H]3CCCN[C@H]3C2)c(F)cc2c(=O)c(C(=O)O)cn(C3CC3)c12.COc1c(N2C[C@H]3CCCN[C@H]3C2)c(F)cc2c(=O)c(C(=O)O)cn(C3CC3)c12.Cl.Cl. The number of carboxylic acids is 2. The molecular weight excluding hydrogens is 825 g/mol. The first-order valence-electron chi connectivity index (χ1n) is 20.3. The van der Waals surface area contributed by atoms with Gasteiger partial charge in [0.15, 0.2) is 23.1 Å². The summed E-state index contributed by atoms with van der Waals surface area (Å²) in [6.07, 6.45) is 10.8. The molecule has 6 heterocycles. The number of halogens is 4. The Morgan fingerprint density at radius 3 is 1.35 bits per heavy atom. The van der Waals surface area contributed by atoms with Crippen molar-refractivity contribution in [2.45, 2.75) is 75.5 Å². The number of piperidine rings is 2. The summed E-state index contributed by atoms with van der Waals surface area (Å²) < 4.78 is 45.6. The van der Waals surface area contributed by atoms with E-state index >= 15 is 8.78 Å². The second-order valence-corrected chi connectivity index (χ2v) is 16.6. The molecule has 0 radical (unpaired) electrons. The lowest BCUT2D eigenvalue weighted by atomic mass is 9.94. The van der Waals surface area contributed by atoms with Crippen LogP contribution in [0.15, 0.2) is 34.1 Å². The monoisotopic (exact) mass is 874 g/mol. The van der Waals surface area contributed by atoms with Gasteiger partial charge in [0.2, 0.25) is 10.9 Å². The van der Waals surface area contributed by atoms with Crippen molar-refractivity contribution >= 4 is 69.9 Å². The van der Waals surface area contributed by atoms with Crippen molar-refractivity contribution in [1.29, 1.82) is 0 Å². The number of aromatic nitrogens is 2. The summed E-state index contributed by atoms with van der Waals surface area (Å²) in [5, 5.41) is 26.0. The third-order valence-electron chi connectivity index (χ3n) is 13.0. The van der Waals surface area contributed by atoms with Crippen LogP contribution < -0.4 is 40.8 Å². The Kier molecular flexibility index (Phi) is 12.3. The molecule has 4 saturated heterocycles. The molecule has 4 N–H and O–H groups in total. The smallest absolute Gasteiger partial charge is 0.341 e. The van der Waals surface area contributed by atoms with Crippen LogP contribution in [0.25, 0.3) is 21.8 Å². The number of nitrogens with one attached hydrogen (secondary N) is 2. The lowest BCUT2D eigenvalue weighted by Gasteiger charge is -2.25. The molecule has 0 unspecified atom stereocenters. The number of rotatable bonds is 8. The molecule has 2 aromatic heterocycles. The summed E-state index contributed by atoms with van der Waals surface area (Å²) in [6.45, 7) is 4.79. The number of anilines is 2. The van der Waals surface area contributed by atoms with Gasteiger partial charge in [-0.05, 0) is 88.4 Å². The normalized spacial score (nSPS) is 23.2. The molecule has 4 aliphatic heterocycles. The molecule has 10 rings (SSSR count). The number of methoxy groups -OCH3 is 2. The molecule has 2 aromatic carbocycles. The molecule has 18 heteroatoms. The van der Waals surface area contributed by atoms with Crippen LogP contribution in [0, 0.1) is 23.5 Å². The summed E-state index contributed by atoms with van der Waals surface area (Å²) >= 11 is 0. The molecule has 4 atom stereocenters. The van der Waals surface area contributed by atoms with Crippen LogP contribution in [0.5, 0.6) is 11.5 Å². The second-order valence-electron chi connectivity index (χ2n) is 16.6. The number of pyridine rings is 2. The summed E-state index contributed by atoms with van der Waals surface area (Å²) in [5.74, 6) is -2.13. The Hall–Kier alpha value is -4.64. The number of ether oxygens (including phenoxy) is 2. The highest BCUT2D eigenvalue weighted by Gasteiger charge is 2.40. The minimum atomic E-state index is -1.30. The van der Waals surface area contributed by atoms with E-state index < -0.39 is 34.4 Å². The number of aromatic carboxylic acids is 2. The number of fused-ring (bicyclic) bond motifs is 4. The number of nitrogens with zero attached hydrogens (tertiary/aromatic N) is 4. The van der Waals surface area contributed by atoms with E-state index in [-0.39, 0.29) is 58.8 Å². The van der Waals surface area contributed by atoms with Crippen molar-refractivity contribution in [3.8, 4) is 11.5 Å². The van der Waals surface area contributed by atoms with Crippen molar-refractivity contribution in [2.24, 2.45) is 11.8 Å². The maximum atomic E-state index is 15.3. The first-order valence-corrected chi connectivity index (χ1v) is 20.3. The van der Waals surface area contributed by atoms with Crippen LogP contribution in [0.3, 0.4) is 0 Å². The molecule has 0 amide bonds. The molecule has 4 aromatic rings. The molecule has 6 fully saturated rings. The van der Waals surface area contributed by atoms with Crippen LogP contribution >= 0.6 is 24.8 Å². The van der Waals surface area contributed by atoms with Crippen LogP contribution in [-0.2, 0) is 0 Å². The van der Waals surface area contributed by atoms with E-state index in [1.165, 1.54) is 38.7 Å². The number of carbonyl (C=O) groups is 2. The van der Waals surface area contributed by atoms with Gasteiger partial charge in [-0.2, -0.15) is 0 Å². The third-order valence-corrected chi connectivity index (χ3v) is 13.0. The van der Waals surface area contributed by atoms with Crippen molar-refractivity contribution in [3.05, 3.63) is 67.7 Å². The van der Waals surface area contributed by atoms with Gasteiger partial charge in [0.25, 0.3) is 0 Å². The standard InChI is InChI=1S/2C21H24FN3O4.2ClH/c2*1-29-20-17-13(19(26)14(21(27)28)9-25(17)12-4-5-12)7-15(22)18(20)24-8-11-3-2-6-23-16(11)10-24;;/h2*7,9,11-12,16,23H,2-6,8,10H2,1H3,(H,27,28);2*1H/t2*11-,16+;;/m11../s1. The lowest BCUT2D eigenvalue weighted by molar-refractivity contribution is 0.0684. The Balaban J connectivity index is 0.000000176. The third kappa shape index (κ3) is 7.53. The average Bonchev–Trinajstić information content (AvgIpc) is 4.15. The summed E-state index contributed by atoms with van der Waals surface area (Å²) in [7, 11) is 2.96. The largest absolute Gasteiger partial charge is 0.492 e. The molecule has 60 heavy (non-hydrogen) atoms. The van der Waals surface area contributed by atoms with Gasteiger partial charge in [0, 0.05) is 62.7 Å². The van der Waals surface area contributed by atoms with Crippen LogP contribution in [0.2, 0.25) is 0 Å². The molecule has 6 aliphatic rings. The highest BCUT2D eigenvalue weighted by atomic mass is 35.5. The topological polar surface area (TPSA) is 168 Å². The Morgan fingerprint density at radius 2 is 1.03 bits per heavy atom. The van der Waals surface area contributed by atoms with Gasteiger partial charge in [-0.15, -0.1) is 24.8 Å². The molecule has 14 nitrogen and oxygen atoms in total. The van der Waals surface area contributed by atoms with E-state index in [1.807, 2.05) is 9.80 Å². The van der Waals surface area contributed by atoms with Crippen molar-refractivity contribution in [2.75, 3.05) is 63.3 Å². The fraction of sp³-hybridized carbons (Fsp3) is 0.524. The Bertz CT molecular complexity index is 2280. The minimum Gasteiger partial charge on any atom is -0.492 e. The van der Waals surface area contributed by atoms with Crippen LogP contribution in [-0.4, -0.2) is 96.9 Å². The zero-order chi connectivity index (χ0) is 40.6. The molecule has 0 spiro atoms. The van der Waals surface area contributed by atoms with E-state index in [2.05, 4.69) is 10.6 Å². The number of hydrogen-bond acceptors (Lipinski definition) is 10. The summed E-state index contributed by atoms with van der Waals surface area (Å²) in [6, 6.07) is 3.23. The summed E-state index contributed by atoms with van der Waals surface area (Å²) in [4.78, 5) is 52.7. The van der Waals surface area contributed by atoms with Crippen molar-refractivity contribution in [3.63, 3.8) is 0 Å². The van der Waals surface area contributed by atoms with Gasteiger partial charge in [-0.25, -0.2) is 18.4 Å². The van der Waals surface area contributed by atoms with E-state index in [4.69, 9.17) is 9.47 Å². The lowest BCUT2D eigenvalue weighted by Crippen LogP contribution is -2.40. The Morgan fingerprint density at radius 1 is 0.650 bits per heavy atom. The highest BCUT2D eigenvalue weighted by molar-refractivity contribution is 5.98. The molecule has 0 bridgehead atoms. The van der Waals surface area contributed by atoms with Gasteiger partial charge in [0.1, 0.15) is 22.5 Å². The van der Waals surface area contributed by atoms with Crippen molar-refractivity contribution < 1.29 is 38.1 Å². The predicted molar refractivity (Wildman–Crippen MR) is 228 cm³/mol. The quantitative estimate of drug-likeness (QED) is 0.174. The fourth-order valence-electron chi connectivity index (χ4n) is 9.91. The van der Waals surface area contributed by atoms with Gasteiger partial charge >= 0.3 is 11.9 Å². The predicted octanol–water partition coefficient (Wildman–Crippen LogP) is 5.58. The molecular formula is C42H50Cl2F2N6O8. The second kappa shape index (κ2) is 17.0. The fourth-order valence-corrected chi connectivity index (χ4v) is 9.91. The average molecular weight is 876 g/mol. The maximum Gasteiger partial charge on any atom is 0.341 e. The first kappa shape index (κ1) is 43.4. The molecule has 2 aliphatic carbocycles. The van der Waals surface area contributed by atoms with E-state index in [1.54, 1.807) is 9.13 Å². The number of benzene rings is 2. The number of hydrogen-bond donors (Lipinski definition) is 4. The summed E-state index contributed by atoms with van der Waals surface area (Å²) in [5.41, 5.74) is -0.311.